The van der Waals surface area contributed by atoms with Gasteiger partial charge in [0.2, 0.25) is 0 Å². The molecule has 0 aliphatic heterocycles. The van der Waals surface area contributed by atoms with Gasteiger partial charge in [-0.05, 0) is 95.0 Å². The van der Waals surface area contributed by atoms with Crippen LogP contribution in [0.5, 0.6) is 5.75 Å². The summed E-state index contributed by atoms with van der Waals surface area (Å²) in [6.07, 6.45) is 1.82. The van der Waals surface area contributed by atoms with Crippen LogP contribution < -0.4 is 0 Å². The third-order valence-electron chi connectivity index (χ3n) is 4.53. The highest BCUT2D eigenvalue weighted by atomic mass is 28.5. The molecule has 0 saturated heterocycles. The van der Waals surface area contributed by atoms with Crippen molar-refractivity contribution < 1.29 is 22.6 Å². The van der Waals surface area contributed by atoms with Crippen LogP contribution in [-0.2, 0) is 25.4 Å². The second kappa shape index (κ2) is 10.4. The molecule has 0 saturated carbocycles. The largest absolute Gasteiger partial charge is 0.508 e. The third kappa shape index (κ3) is 10.1. The maximum absolute atomic E-state index is 9.77. The summed E-state index contributed by atoms with van der Waals surface area (Å²) >= 11 is 0. The molecule has 0 bridgehead atoms. The van der Waals surface area contributed by atoms with Crippen molar-refractivity contribution in [2.24, 2.45) is 0 Å². The molecule has 0 radical (unpaired) electrons. The van der Waals surface area contributed by atoms with E-state index in [0.29, 0.717) is 5.56 Å². The van der Waals surface area contributed by atoms with E-state index in [9.17, 15) is 10.2 Å². The Hall–Kier alpha value is -0.272. The molecule has 0 fully saturated rings. The van der Waals surface area contributed by atoms with Gasteiger partial charge in [-0.25, -0.2) is 0 Å². The summed E-state index contributed by atoms with van der Waals surface area (Å²) in [5.74, 6) is 0.147. The highest BCUT2D eigenvalue weighted by molar-refractivity contribution is 6.89. The summed E-state index contributed by atoms with van der Waals surface area (Å²) in [4.78, 5) is 0. The average molecular weight is 475 g/mol. The third-order valence-corrected chi connectivity index (χ3v) is 18.9. The van der Waals surface area contributed by atoms with Crippen molar-refractivity contribution in [3.63, 3.8) is 0 Å². The zero-order valence-corrected chi connectivity index (χ0v) is 23.9. The summed E-state index contributed by atoms with van der Waals surface area (Å²) in [6, 6.07) is 7.30. The normalized spacial score (nSPS) is 17.0. The zero-order valence-electron chi connectivity index (χ0n) is 19.9. The summed E-state index contributed by atoms with van der Waals surface area (Å²) in [5.41, 5.74) is 1.69. The summed E-state index contributed by atoms with van der Waals surface area (Å²) in [6.45, 7) is 19.7. The van der Waals surface area contributed by atoms with Crippen LogP contribution in [0.25, 0.3) is 0 Å². The van der Waals surface area contributed by atoms with E-state index < -0.39 is 33.8 Å². The highest BCUT2D eigenvalue weighted by Crippen LogP contribution is 2.30. The van der Waals surface area contributed by atoms with Crippen molar-refractivity contribution >= 4 is 33.8 Å². The van der Waals surface area contributed by atoms with Crippen LogP contribution in [0.4, 0.5) is 0 Å². The number of hydrogen-bond donors (Lipinski definition) is 2. The monoisotopic (exact) mass is 474 g/mol. The Morgan fingerprint density at radius 1 is 0.828 bits per heavy atom. The highest BCUT2D eigenvalue weighted by Gasteiger charge is 2.45. The summed E-state index contributed by atoms with van der Waals surface area (Å²) in [7, 11) is -8.17. The van der Waals surface area contributed by atoms with E-state index >= 15 is 0 Å². The van der Waals surface area contributed by atoms with E-state index in [4.69, 9.17) is 12.3 Å². The molecule has 0 amide bonds. The maximum atomic E-state index is 9.77. The van der Waals surface area contributed by atoms with Gasteiger partial charge >= 0.3 is 17.1 Å². The first kappa shape index (κ1) is 26.8. The molecular weight excluding hydrogens is 433 g/mol. The summed E-state index contributed by atoms with van der Waals surface area (Å²) in [5, 5.41) is 19.1. The minimum atomic E-state index is -2.41. The van der Waals surface area contributed by atoms with Gasteiger partial charge in [0.25, 0.3) is 0 Å². The molecular formula is C20H42O5Si4. The first-order chi connectivity index (χ1) is 13.1. The summed E-state index contributed by atoms with van der Waals surface area (Å²) < 4.78 is 20.1. The topological polar surface area (TPSA) is 68.2 Å². The van der Waals surface area contributed by atoms with Gasteiger partial charge in [0, 0.05) is 5.56 Å². The van der Waals surface area contributed by atoms with E-state index in [1.165, 1.54) is 0 Å². The standard InChI is InChI=1S/C20H42O5Si4/c1-10-28(8,23-26(2,3)4)25-29(9,24-27(5,6)7)15-11-12-18-13-14-20(22)19(16-18)17-21/h13-14,16,21-22H,10-12,15,17H2,1-9H3. The van der Waals surface area contributed by atoms with Gasteiger partial charge in [0.05, 0.1) is 6.61 Å². The van der Waals surface area contributed by atoms with Gasteiger partial charge in [-0.1, -0.05) is 13.0 Å². The van der Waals surface area contributed by atoms with E-state index in [2.05, 4.69) is 59.3 Å². The van der Waals surface area contributed by atoms with Crippen LogP contribution in [0.15, 0.2) is 18.2 Å². The van der Waals surface area contributed by atoms with E-state index in [1.807, 2.05) is 12.1 Å². The van der Waals surface area contributed by atoms with Crippen LogP contribution in [-0.4, -0.2) is 44.0 Å². The van der Waals surface area contributed by atoms with Crippen molar-refractivity contribution in [3.8, 4) is 5.75 Å². The van der Waals surface area contributed by atoms with Gasteiger partial charge < -0.3 is 22.6 Å². The van der Waals surface area contributed by atoms with Crippen molar-refractivity contribution in [2.45, 2.75) is 90.8 Å². The lowest BCUT2D eigenvalue weighted by Gasteiger charge is -2.42. The van der Waals surface area contributed by atoms with Gasteiger partial charge in [-0.3, -0.25) is 0 Å². The fourth-order valence-corrected chi connectivity index (χ4v) is 21.5. The zero-order chi connectivity index (χ0) is 22.5. The van der Waals surface area contributed by atoms with Crippen LogP contribution in [0.1, 0.15) is 24.5 Å². The van der Waals surface area contributed by atoms with E-state index in [0.717, 1.165) is 30.5 Å². The van der Waals surface area contributed by atoms with Crippen molar-refractivity contribution in [1.82, 2.24) is 0 Å². The van der Waals surface area contributed by atoms with E-state index in [1.54, 1.807) is 6.07 Å². The van der Waals surface area contributed by atoms with Crippen molar-refractivity contribution in [3.05, 3.63) is 29.3 Å². The van der Waals surface area contributed by atoms with Gasteiger partial charge in [-0.2, -0.15) is 0 Å². The molecule has 2 unspecified atom stereocenters. The molecule has 1 rings (SSSR count). The fraction of sp³-hybridized carbons (Fsp3) is 0.700. The van der Waals surface area contributed by atoms with E-state index in [-0.39, 0.29) is 12.4 Å². The van der Waals surface area contributed by atoms with Gasteiger partial charge in [0.1, 0.15) is 5.75 Å². The first-order valence-corrected chi connectivity index (χ1v) is 22.5. The molecule has 5 nitrogen and oxygen atoms in total. The number of hydrogen-bond acceptors (Lipinski definition) is 5. The number of aromatic hydroxyl groups is 1. The average Bonchev–Trinajstić information content (AvgIpc) is 2.52. The predicted molar refractivity (Wildman–Crippen MR) is 131 cm³/mol. The fourth-order valence-electron chi connectivity index (χ4n) is 3.57. The minimum absolute atomic E-state index is 0.147. The minimum Gasteiger partial charge on any atom is -0.508 e. The maximum Gasteiger partial charge on any atom is 0.315 e. The van der Waals surface area contributed by atoms with Crippen molar-refractivity contribution in [2.75, 3.05) is 0 Å². The van der Waals surface area contributed by atoms with Crippen LogP contribution in [0.2, 0.25) is 64.5 Å². The molecule has 2 atom stereocenters. The first-order valence-electron chi connectivity index (χ1n) is 10.6. The lowest BCUT2D eigenvalue weighted by molar-refractivity contribution is 0.275. The molecule has 1 aromatic rings. The Morgan fingerprint density at radius 3 is 1.86 bits per heavy atom. The van der Waals surface area contributed by atoms with Crippen LogP contribution >= 0.6 is 0 Å². The Kier molecular flexibility index (Phi) is 9.56. The molecule has 0 aromatic heterocycles. The Balaban J connectivity index is 2.93. The van der Waals surface area contributed by atoms with Gasteiger partial charge in [-0.15, -0.1) is 0 Å². The molecule has 0 aliphatic carbocycles. The molecule has 0 heterocycles. The Morgan fingerprint density at radius 2 is 1.38 bits per heavy atom. The van der Waals surface area contributed by atoms with Gasteiger partial charge in [0.15, 0.2) is 16.6 Å². The number of phenols is 1. The molecule has 0 spiro atoms. The lowest BCUT2D eigenvalue weighted by atomic mass is 10.1. The molecule has 0 aliphatic rings. The predicted octanol–water partition coefficient (Wildman–Crippen LogP) is 5.70. The molecule has 29 heavy (non-hydrogen) atoms. The molecule has 2 N–H and O–H groups in total. The number of aliphatic hydroxyl groups excluding tert-OH is 1. The Labute approximate surface area is 182 Å². The Bertz CT molecular complexity index is 659. The lowest BCUT2D eigenvalue weighted by Crippen LogP contribution is -2.57. The molecule has 168 valence electrons. The van der Waals surface area contributed by atoms with Crippen LogP contribution in [0.3, 0.4) is 0 Å². The molecule has 9 heteroatoms. The second-order valence-electron chi connectivity index (χ2n) is 10.1. The number of aryl methyl sites for hydroxylation is 1. The molecule has 1 aromatic carbocycles. The number of rotatable bonds is 12. The van der Waals surface area contributed by atoms with Crippen LogP contribution in [0, 0.1) is 0 Å². The quantitative estimate of drug-likeness (QED) is 0.380. The second-order valence-corrected chi connectivity index (χ2v) is 26.8. The number of benzene rings is 1. The van der Waals surface area contributed by atoms with Crippen molar-refractivity contribution in [1.29, 1.82) is 0 Å². The number of aliphatic hydroxyl groups is 1. The SMILES string of the molecule is CC[Si](C)(O[Si](C)(C)C)O[Si](C)(CCCc1ccc(O)c(CO)c1)O[Si](C)(C)C. The smallest absolute Gasteiger partial charge is 0.315 e.